The monoisotopic (exact) mass is 404 g/mol. The van der Waals surface area contributed by atoms with Gasteiger partial charge in [0.2, 0.25) is 5.95 Å². The number of nitrogens with one attached hydrogen (secondary N) is 1. The van der Waals surface area contributed by atoms with Crippen LogP contribution < -0.4 is 5.32 Å². The van der Waals surface area contributed by atoms with Gasteiger partial charge in [-0.25, -0.2) is 9.07 Å². The van der Waals surface area contributed by atoms with Crippen LogP contribution >= 0.6 is 27.5 Å². The maximum Gasteiger partial charge on any atom is 0.226 e. The van der Waals surface area contributed by atoms with Crippen molar-refractivity contribution in [3.05, 3.63) is 81.3 Å². The minimum Gasteiger partial charge on any atom is -0.324 e. The molecule has 7 heteroatoms. The molecule has 3 aromatic rings. The number of benzene rings is 2. The largest absolute Gasteiger partial charge is 0.324 e. The standard InChI is InChI=1S/C17H11BrClFN4/c18-11-4-1-3-10(7-11)14-8-15(24-17(23-14)21-9-22-24)16-12(19)5-2-6-13(16)20/h1-9,15H,(H,21,22,23). The molecule has 1 atom stereocenters. The summed E-state index contributed by atoms with van der Waals surface area (Å²) in [5.41, 5.74) is 2.15. The van der Waals surface area contributed by atoms with Gasteiger partial charge in [-0.2, -0.15) is 10.1 Å². The van der Waals surface area contributed by atoms with Crippen molar-refractivity contribution < 1.29 is 4.39 Å². The number of anilines is 1. The van der Waals surface area contributed by atoms with Crippen LogP contribution in [-0.2, 0) is 0 Å². The normalized spacial score (nSPS) is 16.3. The molecule has 0 radical (unpaired) electrons. The van der Waals surface area contributed by atoms with Crippen molar-refractivity contribution >= 4 is 39.2 Å². The smallest absolute Gasteiger partial charge is 0.226 e. The molecule has 1 N–H and O–H groups in total. The molecule has 2 heterocycles. The molecule has 0 fully saturated rings. The van der Waals surface area contributed by atoms with E-state index in [1.807, 2.05) is 30.3 Å². The van der Waals surface area contributed by atoms with Crippen LogP contribution in [0.3, 0.4) is 0 Å². The van der Waals surface area contributed by atoms with E-state index < -0.39 is 6.04 Å². The van der Waals surface area contributed by atoms with E-state index in [-0.39, 0.29) is 5.82 Å². The third-order valence-corrected chi connectivity index (χ3v) is 4.66. The Morgan fingerprint density at radius 3 is 2.83 bits per heavy atom. The topological polar surface area (TPSA) is 42.7 Å². The lowest BCUT2D eigenvalue weighted by atomic mass is 10.0. The van der Waals surface area contributed by atoms with Gasteiger partial charge in [-0.1, -0.05) is 45.7 Å². The summed E-state index contributed by atoms with van der Waals surface area (Å²) >= 11 is 9.72. The lowest BCUT2D eigenvalue weighted by Crippen LogP contribution is -2.21. The molecule has 0 aliphatic carbocycles. The SMILES string of the molecule is Fc1cccc(Cl)c1C1C=C(c2cccc(Br)c2)Nc2ncnn21. The van der Waals surface area contributed by atoms with Gasteiger partial charge in [0.25, 0.3) is 0 Å². The average Bonchev–Trinajstić information content (AvgIpc) is 3.03. The molecule has 0 saturated heterocycles. The molecule has 120 valence electrons. The number of aromatic nitrogens is 3. The van der Waals surface area contributed by atoms with Crippen molar-refractivity contribution in [1.29, 1.82) is 0 Å². The van der Waals surface area contributed by atoms with Crippen LogP contribution in [0.15, 0.2) is 59.3 Å². The summed E-state index contributed by atoms with van der Waals surface area (Å²) in [6, 6.07) is 12.0. The second kappa shape index (κ2) is 6.03. The third-order valence-electron chi connectivity index (χ3n) is 3.84. The summed E-state index contributed by atoms with van der Waals surface area (Å²) in [6.45, 7) is 0. The summed E-state index contributed by atoms with van der Waals surface area (Å²) < 4.78 is 17.0. The molecule has 0 bridgehead atoms. The zero-order chi connectivity index (χ0) is 16.7. The predicted molar refractivity (Wildman–Crippen MR) is 95.3 cm³/mol. The van der Waals surface area contributed by atoms with Crippen molar-refractivity contribution in [1.82, 2.24) is 14.8 Å². The Hall–Kier alpha value is -2.18. The number of fused-ring (bicyclic) bond motifs is 1. The van der Waals surface area contributed by atoms with E-state index >= 15 is 0 Å². The summed E-state index contributed by atoms with van der Waals surface area (Å²) in [5, 5.41) is 7.78. The third kappa shape index (κ3) is 2.61. The van der Waals surface area contributed by atoms with E-state index in [9.17, 15) is 4.39 Å². The Morgan fingerprint density at radius 1 is 1.21 bits per heavy atom. The van der Waals surface area contributed by atoms with E-state index in [0.29, 0.717) is 16.5 Å². The average molecular weight is 406 g/mol. The van der Waals surface area contributed by atoms with Crippen molar-refractivity contribution in [2.24, 2.45) is 0 Å². The maximum atomic E-state index is 14.4. The molecule has 1 aliphatic heterocycles. The minimum absolute atomic E-state index is 0.355. The highest BCUT2D eigenvalue weighted by molar-refractivity contribution is 9.10. The Labute approximate surface area is 151 Å². The van der Waals surface area contributed by atoms with Crippen molar-refractivity contribution in [3.8, 4) is 0 Å². The van der Waals surface area contributed by atoms with Crippen LogP contribution in [0.25, 0.3) is 5.70 Å². The van der Waals surface area contributed by atoms with Gasteiger partial charge < -0.3 is 5.32 Å². The first-order chi connectivity index (χ1) is 11.6. The molecule has 1 aromatic heterocycles. The molecular weight excluding hydrogens is 395 g/mol. The van der Waals surface area contributed by atoms with E-state index in [1.165, 1.54) is 12.4 Å². The van der Waals surface area contributed by atoms with E-state index in [4.69, 9.17) is 11.6 Å². The van der Waals surface area contributed by atoms with Gasteiger partial charge in [0.15, 0.2) is 0 Å². The Kier molecular flexibility index (Phi) is 3.86. The van der Waals surface area contributed by atoms with E-state index in [2.05, 4.69) is 31.3 Å². The molecule has 0 saturated carbocycles. The first-order valence-corrected chi connectivity index (χ1v) is 8.39. The van der Waals surface area contributed by atoms with E-state index in [1.54, 1.807) is 16.8 Å². The van der Waals surface area contributed by atoms with Crippen molar-refractivity contribution in [2.45, 2.75) is 6.04 Å². The molecule has 1 unspecified atom stereocenters. The van der Waals surface area contributed by atoms with Gasteiger partial charge in [-0.05, 0) is 35.9 Å². The Bertz CT molecular complexity index is 933. The fraction of sp³-hybridized carbons (Fsp3) is 0.0588. The quantitative estimate of drug-likeness (QED) is 0.660. The number of rotatable bonds is 2. The fourth-order valence-corrected chi connectivity index (χ4v) is 3.43. The van der Waals surface area contributed by atoms with Gasteiger partial charge >= 0.3 is 0 Å². The molecule has 4 rings (SSSR count). The van der Waals surface area contributed by atoms with Crippen molar-refractivity contribution in [2.75, 3.05) is 5.32 Å². The second-order valence-electron chi connectivity index (χ2n) is 5.32. The molecule has 4 nitrogen and oxygen atoms in total. The molecule has 0 amide bonds. The van der Waals surface area contributed by atoms with Crippen LogP contribution in [0.1, 0.15) is 17.2 Å². The highest BCUT2D eigenvalue weighted by Gasteiger charge is 2.27. The van der Waals surface area contributed by atoms with Crippen molar-refractivity contribution in [3.63, 3.8) is 0 Å². The zero-order valence-corrected chi connectivity index (χ0v) is 14.6. The maximum absolute atomic E-state index is 14.4. The van der Waals surface area contributed by atoms with E-state index in [0.717, 1.165) is 15.7 Å². The number of halogens is 3. The van der Waals surface area contributed by atoms with Crippen LogP contribution in [0.4, 0.5) is 10.3 Å². The number of allylic oxidation sites excluding steroid dienone is 1. The Morgan fingerprint density at radius 2 is 2.04 bits per heavy atom. The lowest BCUT2D eigenvalue weighted by Gasteiger charge is -2.25. The Balaban J connectivity index is 1.89. The van der Waals surface area contributed by atoms with Gasteiger partial charge in [0.1, 0.15) is 18.2 Å². The second-order valence-corrected chi connectivity index (χ2v) is 6.65. The summed E-state index contributed by atoms with van der Waals surface area (Å²) in [5.74, 6) is 0.164. The number of hydrogen-bond acceptors (Lipinski definition) is 3. The molecule has 2 aromatic carbocycles. The van der Waals surface area contributed by atoms with Gasteiger partial charge in [0.05, 0.1) is 0 Å². The van der Waals surface area contributed by atoms with Crippen LogP contribution in [0.2, 0.25) is 5.02 Å². The molecule has 1 aliphatic rings. The minimum atomic E-state index is -0.480. The van der Waals surface area contributed by atoms with Crippen LogP contribution in [0.5, 0.6) is 0 Å². The molecule has 24 heavy (non-hydrogen) atoms. The van der Waals surface area contributed by atoms with Gasteiger partial charge in [-0.15, -0.1) is 0 Å². The fourth-order valence-electron chi connectivity index (χ4n) is 2.76. The highest BCUT2D eigenvalue weighted by Crippen LogP contribution is 2.36. The van der Waals surface area contributed by atoms with Crippen LogP contribution in [-0.4, -0.2) is 14.8 Å². The lowest BCUT2D eigenvalue weighted by molar-refractivity contribution is 0.551. The molecular formula is C17H11BrClFN4. The number of hydrogen-bond donors (Lipinski definition) is 1. The highest BCUT2D eigenvalue weighted by atomic mass is 79.9. The van der Waals surface area contributed by atoms with Crippen LogP contribution in [0, 0.1) is 5.82 Å². The zero-order valence-electron chi connectivity index (χ0n) is 12.2. The summed E-state index contributed by atoms with van der Waals surface area (Å²) in [6.07, 6.45) is 3.33. The first-order valence-electron chi connectivity index (χ1n) is 7.21. The van der Waals surface area contributed by atoms with Gasteiger partial charge in [-0.3, -0.25) is 0 Å². The summed E-state index contributed by atoms with van der Waals surface area (Å²) in [7, 11) is 0. The number of nitrogens with zero attached hydrogens (tertiary/aromatic N) is 3. The predicted octanol–water partition coefficient (Wildman–Crippen LogP) is 4.89. The van der Waals surface area contributed by atoms with Gasteiger partial charge in [0, 0.05) is 20.8 Å². The molecule has 0 spiro atoms. The summed E-state index contributed by atoms with van der Waals surface area (Å²) in [4.78, 5) is 4.21. The first kappa shape index (κ1) is 15.4.